The van der Waals surface area contributed by atoms with E-state index >= 15 is 0 Å². The van der Waals surface area contributed by atoms with Crippen LogP contribution in [0.4, 0.5) is 0 Å². The summed E-state index contributed by atoms with van der Waals surface area (Å²) in [5.41, 5.74) is 6.40. The van der Waals surface area contributed by atoms with E-state index in [-0.39, 0.29) is 18.4 Å². The Morgan fingerprint density at radius 3 is 2.44 bits per heavy atom. The van der Waals surface area contributed by atoms with Gasteiger partial charge in [-0.25, -0.2) is 0 Å². The maximum Gasteiger partial charge on any atom is 0.237 e. The van der Waals surface area contributed by atoms with Crippen LogP contribution in [0.15, 0.2) is 24.3 Å². The molecule has 0 saturated heterocycles. The second kappa shape index (κ2) is 6.73. The summed E-state index contributed by atoms with van der Waals surface area (Å²) in [5, 5.41) is 13.1. The van der Waals surface area contributed by atoms with Crippen molar-refractivity contribution in [3.8, 4) is 0 Å². The lowest BCUT2D eigenvalue weighted by molar-refractivity contribution is -0.123. The summed E-state index contributed by atoms with van der Waals surface area (Å²) in [5.74, 6) is -0.185. The van der Waals surface area contributed by atoms with Crippen molar-refractivity contribution < 1.29 is 9.90 Å². The highest BCUT2D eigenvalue weighted by molar-refractivity contribution is 6.30. The first-order valence-corrected chi connectivity index (χ1v) is 6.26. The van der Waals surface area contributed by atoms with E-state index in [4.69, 9.17) is 17.3 Å². The summed E-state index contributed by atoms with van der Waals surface area (Å²) in [6.07, 6.45) is -0.759. The monoisotopic (exact) mass is 270 g/mol. The maximum absolute atomic E-state index is 11.6. The van der Waals surface area contributed by atoms with E-state index in [1.807, 2.05) is 13.8 Å². The van der Waals surface area contributed by atoms with E-state index < -0.39 is 12.1 Å². The van der Waals surface area contributed by atoms with Crippen LogP contribution in [0.5, 0.6) is 0 Å². The minimum Gasteiger partial charge on any atom is -0.387 e. The normalized spacial score (nSPS) is 14.3. The Morgan fingerprint density at radius 2 is 1.94 bits per heavy atom. The second-order valence-corrected chi connectivity index (χ2v) is 5.02. The molecule has 0 bridgehead atoms. The summed E-state index contributed by atoms with van der Waals surface area (Å²) >= 11 is 5.75. The van der Waals surface area contributed by atoms with Crippen LogP contribution < -0.4 is 11.1 Å². The fraction of sp³-hybridized carbons (Fsp3) is 0.462. The van der Waals surface area contributed by atoms with Crippen molar-refractivity contribution >= 4 is 17.5 Å². The Hall–Kier alpha value is -1.10. The number of carbonyl (C=O) groups is 1. The predicted octanol–water partition coefficient (Wildman–Crippen LogP) is 1.47. The highest BCUT2D eigenvalue weighted by Crippen LogP contribution is 2.15. The van der Waals surface area contributed by atoms with Gasteiger partial charge in [0.1, 0.15) is 0 Å². The second-order valence-electron chi connectivity index (χ2n) is 4.58. The van der Waals surface area contributed by atoms with E-state index in [2.05, 4.69) is 5.32 Å². The molecule has 1 aromatic rings. The molecule has 4 N–H and O–H groups in total. The third-order valence-electron chi connectivity index (χ3n) is 2.75. The minimum absolute atomic E-state index is 0.0673. The van der Waals surface area contributed by atoms with Gasteiger partial charge in [-0.15, -0.1) is 0 Å². The summed E-state index contributed by atoms with van der Waals surface area (Å²) in [7, 11) is 0. The molecule has 18 heavy (non-hydrogen) atoms. The number of carbonyl (C=O) groups excluding carboxylic acids is 1. The Labute approximate surface area is 112 Å². The lowest BCUT2D eigenvalue weighted by atomic mass is 10.0. The molecule has 0 heterocycles. The van der Waals surface area contributed by atoms with E-state index in [0.29, 0.717) is 10.6 Å². The average Bonchev–Trinajstić information content (AvgIpc) is 2.35. The van der Waals surface area contributed by atoms with Crippen molar-refractivity contribution in [2.24, 2.45) is 11.7 Å². The Bertz CT molecular complexity index is 392. The highest BCUT2D eigenvalue weighted by Gasteiger charge is 2.18. The number of nitrogens with one attached hydrogen (secondary N) is 1. The molecule has 0 aromatic heterocycles. The van der Waals surface area contributed by atoms with Crippen LogP contribution in [0.3, 0.4) is 0 Å². The van der Waals surface area contributed by atoms with Gasteiger partial charge in [0.05, 0.1) is 12.1 Å². The van der Waals surface area contributed by atoms with Crippen LogP contribution in [0.25, 0.3) is 0 Å². The van der Waals surface area contributed by atoms with Crippen LogP contribution in [0.2, 0.25) is 5.02 Å². The zero-order chi connectivity index (χ0) is 13.7. The molecule has 4 nitrogen and oxygen atoms in total. The summed E-state index contributed by atoms with van der Waals surface area (Å²) < 4.78 is 0. The van der Waals surface area contributed by atoms with E-state index in [1.165, 1.54) is 0 Å². The number of rotatable bonds is 5. The van der Waals surface area contributed by atoms with Crippen molar-refractivity contribution in [2.75, 3.05) is 6.54 Å². The number of aliphatic hydroxyl groups excluding tert-OH is 1. The Morgan fingerprint density at radius 1 is 1.39 bits per heavy atom. The molecular formula is C13H19ClN2O2. The van der Waals surface area contributed by atoms with Gasteiger partial charge in [0.2, 0.25) is 5.91 Å². The molecule has 1 rings (SSSR count). The number of hydrogen-bond acceptors (Lipinski definition) is 3. The summed E-state index contributed by atoms with van der Waals surface area (Å²) in [4.78, 5) is 11.6. The largest absolute Gasteiger partial charge is 0.387 e. The first kappa shape index (κ1) is 15.0. The highest BCUT2D eigenvalue weighted by atomic mass is 35.5. The molecule has 0 fully saturated rings. The van der Waals surface area contributed by atoms with Gasteiger partial charge in [-0.3, -0.25) is 4.79 Å². The average molecular weight is 271 g/mol. The van der Waals surface area contributed by atoms with Crippen LogP contribution in [0, 0.1) is 5.92 Å². The quantitative estimate of drug-likeness (QED) is 0.758. The molecule has 2 atom stereocenters. The topological polar surface area (TPSA) is 75.4 Å². The number of nitrogens with two attached hydrogens (primary N) is 1. The fourth-order valence-electron chi connectivity index (χ4n) is 1.42. The SMILES string of the molecule is CC(C)[C@H](N)C(=O)NCC(O)c1ccc(Cl)cc1. The van der Waals surface area contributed by atoms with Gasteiger partial charge >= 0.3 is 0 Å². The Kier molecular flexibility index (Phi) is 5.59. The maximum atomic E-state index is 11.6. The molecule has 0 saturated carbocycles. The molecule has 0 aliphatic heterocycles. The molecule has 0 aliphatic rings. The van der Waals surface area contributed by atoms with Crippen LogP contribution >= 0.6 is 11.6 Å². The number of amides is 1. The van der Waals surface area contributed by atoms with E-state index in [0.717, 1.165) is 0 Å². The minimum atomic E-state index is -0.759. The molecular weight excluding hydrogens is 252 g/mol. The number of aliphatic hydroxyl groups is 1. The lowest BCUT2D eigenvalue weighted by Crippen LogP contribution is -2.45. The summed E-state index contributed by atoms with van der Waals surface area (Å²) in [6, 6.07) is 6.29. The zero-order valence-corrected chi connectivity index (χ0v) is 11.3. The van der Waals surface area contributed by atoms with E-state index in [9.17, 15) is 9.90 Å². The van der Waals surface area contributed by atoms with Gasteiger partial charge in [0.15, 0.2) is 0 Å². The van der Waals surface area contributed by atoms with Crippen LogP contribution in [0.1, 0.15) is 25.5 Å². The first-order valence-electron chi connectivity index (χ1n) is 5.88. The third kappa shape index (κ3) is 4.29. The van der Waals surface area contributed by atoms with Gasteiger partial charge < -0.3 is 16.2 Å². The van der Waals surface area contributed by atoms with Crippen molar-refractivity contribution in [1.29, 1.82) is 0 Å². The van der Waals surface area contributed by atoms with Crippen LogP contribution in [-0.2, 0) is 4.79 Å². The summed E-state index contributed by atoms with van der Waals surface area (Å²) in [6.45, 7) is 3.89. The first-order chi connectivity index (χ1) is 8.41. The van der Waals surface area contributed by atoms with Crippen molar-refractivity contribution in [1.82, 2.24) is 5.32 Å². The molecule has 0 aliphatic carbocycles. The number of benzene rings is 1. The van der Waals surface area contributed by atoms with Gasteiger partial charge in [-0.2, -0.15) is 0 Å². The molecule has 1 amide bonds. The van der Waals surface area contributed by atoms with Crippen molar-refractivity contribution in [2.45, 2.75) is 26.0 Å². The van der Waals surface area contributed by atoms with Gasteiger partial charge in [-0.1, -0.05) is 37.6 Å². The van der Waals surface area contributed by atoms with Crippen molar-refractivity contribution in [3.63, 3.8) is 0 Å². The molecule has 100 valence electrons. The third-order valence-corrected chi connectivity index (χ3v) is 3.00. The van der Waals surface area contributed by atoms with Gasteiger partial charge in [0, 0.05) is 11.6 Å². The Balaban J connectivity index is 2.48. The molecule has 0 spiro atoms. The number of halogens is 1. The van der Waals surface area contributed by atoms with Gasteiger partial charge in [0.25, 0.3) is 0 Å². The zero-order valence-electron chi connectivity index (χ0n) is 10.6. The molecule has 1 unspecified atom stereocenters. The number of hydrogen-bond donors (Lipinski definition) is 3. The van der Waals surface area contributed by atoms with Crippen molar-refractivity contribution in [3.05, 3.63) is 34.9 Å². The molecule has 0 radical (unpaired) electrons. The fourth-order valence-corrected chi connectivity index (χ4v) is 1.55. The molecule has 5 heteroatoms. The predicted molar refractivity (Wildman–Crippen MR) is 72.2 cm³/mol. The standard InChI is InChI=1S/C13H19ClN2O2/c1-8(2)12(15)13(18)16-7-11(17)9-3-5-10(14)6-4-9/h3-6,8,11-12,17H,7,15H2,1-2H3,(H,16,18)/t11?,12-/m0/s1. The smallest absolute Gasteiger partial charge is 0.237 e. The molecule has 1 aromatic carbocycles. The van der Waals surface area contributed by atoms with Crippen LogP contribution in [-0.4, -0.2) is 23.6 Å². The van der Waals surface area contributed by atoms with Gasteiger partial charge in [-0.05, 0) is 23.6 Å². The van der Waals surface area contributed by atoms with E-state index in [1.54, 1.807) is 24.3 Å². The lowest BCUT2D eigenvalue weighted by Gasteiger charge is -2.17.